The van der Waals surface area contributed by atoms with Crippen LogP contribution in [0.1, 0.15) is 16.1 Å². The Hall–Kier alpha value is -3.75. The standard InChI is InChI=1S/C19H17FN4O4/c1-27-17-8-2-13(3-9-17)19(26)28-12-16-10-24(23-22-16)11-18(25)21-15-6-4-14(20)5-7-15/h2-10H,11-12H2,1H3,(H,21,25). The molecule has 0 bridgehead atoms. The van der Waals surface area contributed by atoms with Crippen molar-refractivity contribution in [2.45, 2.75) is 13.2 Å². The second kappa shape index (κ2) is 8.76. The summed E-state index contributed by atoms with van der Waals surface area (Å²) in [7, 11) is 1.54. The number of benzene rings is 2. The number of rotatable bonds is 7. The van der Waals surface area contributed by atoms with Gasteiger partial charge in [-0.05, 0) is 48.5 Å². The lowest BCUT2D eigenvalue weighted by atomic mass is 10.2. The zero-order chi connectivity index (χ0) is 19.9. The van der Waals surface area contributed by atoms with E-state index in [1.807, 2.05) is 0 Å². The number of aromatic nitrogens is 3. The van der Waals surface area contributed by atoms with Crippen LogP contribution in [0.25, 0.3) is 0 Å². The molecule has 3 rings (SSSR count). The number of carbonyl (C=O) groups is 2. The molecule has 1 heterocycles. The van der Waals surface area contributed by atoms with Gasteiger partial charge in [-0.1, -0.05) is 5.21 Å². The number of halogens is 1. The number of esters is 1. The fourth-order valence-corrected chi connectivity index (χ4v) is 2.31. The minimum atomic E-state index is -0.508. The SMILES string of the molecule is COc1ccc(C(=O)OCc2cn(CC(=O)Nc3ccc(F)cc3)nn2)cc1. The van der Waals surface area contributed by atoms with Crippen LogP contribution in [-0.4, -0.2) is 34.0 Å². The molecule has 0 spiro atoms. The fourth-order valence-electron chi connectivity index (χ4n) is 2.31. The number of hydrogen-bond acceptors (Lipinski definition) is 6. The number of anilines is 1. The Morgan fingerprint density at radius 2 is 1.82 bits per heavy atom. The van der Waals surface area contributed by atoms with Crippen molar-refractivity contribution in [2.24, 2.45) is 0 Å². The van der Waals surface area contributed by atoms with Crippen LogP contribution >= 0.6 is 0 Å². The quantitative estimate of drug-likeness (QED) is 0.629. The molecule has 1 amide bonds. The first-order valence-corrected chi connectivity index (χ1v) is 8.29. The Bertz CT molecular complexity index is 955. The van der Waals surface area contributed by atoms with Crippen LogP contribution in [0.2, 0.25) is 0 Å². The molecule has 28 heavy (non-hydrogen) atoms. The molecular formula is C19H17FN4O4. The van der Waals surface area contributed by atoms with E-state index in [1.165, 1.54) is 42.3 Å². The normalized spacial score (nSPS) is 10.4. The molecule has 0 aliphatic heterocycles. The highest BCUT2D eigenvalue weighted by Gasteiger charge is 2.11. The monoisotopic (exact) mass is 384 g/mol. The molecule has 0 aliphatic carbocycles. The van der Waals surface area contributed by atoms with Gasteiger partial charge in [0.15, 0.2) is 0 Å². The van der Waals surface area contributed by atoms with Gasteiger partial charge >= 0.3 is 5.97 Å². The predicted molar refractivity (Wildman–Crippen MR) is 97.2 cm³/mol. The first kappa shape index (κ1) is 19.0. The highest BCUT2D eigenvalue weighted by atomic mass is 19.1. The number of methoxy groups -OCH3 is 1. The average molecular weight is 384 g/mol. The van der Waals surface area contributed by atoms with Gasteiger partial charge in [-0.15, -0.1) is 5.10 Å². The van der Waals surface area contributed by atoms with E-state index in [4.69, 9.17) is 9.47 Å². The van der Waals surface area contributed by atoms with E-state index in [0.717, 1.165) is 0 Å². The number of nitrogens with zero attached hydrogens (tertiary/aromatic N) is 3. The fraction of sp³-hybridized carbons (Fsp3) is 0.158. The third kappa shape index (κ3) is 5.13. The summed E-state index contributed by atoms with van der Waals surface area (Å²) in [4.78, 5) is 24.0. The number of ether oxygens (including phenoxy) is 2. The second-order valence-corrected chi connectivity index (χ2v) is 5.77. The zero-order valence-corrected chi connectivity index (χ0v) is 15.0. The maximum Gasteiger partial charge on any atom is 0.338 e. The van der Waals surface area contributed by atoms with Gasteiger partial charge in [0, 0.05) is 5.69 Å². The van der Waals surface area contributed by atoms with Gasteiger partial charge in [0.05, 0.1) is 18.9 Å². The van der Waals surface area contributed by atoms with E-state index < -0.39 is 5.97 Å². The molecule has 2 aromatic carbocycles. The minimum Gasteiger partial charge on any atom is -0.497 e. The molecule has 0 aliphatic rings. The van der Waals surface area contributed by atoms with E-state index in [1.54, 1.807) is 24.3 Å². The molecule has 0 atom stereocenters. The summed E-state index contributed by atoms with van der Waals surface area (Å²) in [6.07, 6.45) is 1.51. The van der Waals surface area contributed by atoms with Gasteiger partial charge < -0.3 is 14.8 Å². The summed E-state index contributed by atoms with van der Waals surface area (Å²) in [5, 5.41) is 10.3. The largest absolute Gasteiger partial charge is 0.497 e. The van der Waals surface area contributed by atoms with Crippen molar-refractivity contribution in [3.05, 3.63) is 71.8 Å². The van der Waals surface area contributed by atoms with Crippen LogP contribution in [0.4, 0.5) is 10.1 Å². The number of amides is 1. The lowest BCUT2D eigenvalue weighted by Gasteiger charge is -2.05. The summed E-state index contributed by atoms with van der Waals surface area (Å²) in [6.45, 7) is -0.165. The van der Waals surface area contributed by atoms with E-state index in [0.29, 0.717) is 22.7 Å². The van der Waals surface area contributed by atoms with Crippen LogP contribution in [0.3, 0.4) is 0 Å². The van der Waals surface area contributed by atoms with Gasteiger partial charge in [0.25, 0.3) is 0 Å². The number of hydrogen-bond donors (Lipinski definition) is 1. The summed E-state index contributed by atoms with van der Waals surface area (Å²) in [5.74, 6) is -0.606. The van der Waals surface area contributed by atoms with Crippen LogP contribution in [0, 0.1) is 5.82 Å². The van der Waals surface area contributed by atoms with Crippen molar-refractivity contribution in [3.63, 3.8) is 0 Å². The first-order chi connectivity index (χ1) is 13.5. The molecule has 1 N–H and O–H groups in total. The smallest absolute Gasteiger partial charge is 0.338 e. The van der Waals surface area contributed by atoms with Gasteiger partial charge in [-0.2, -0.15) is 0 Å². The molecule has 1 aromatic heterocycles. The molecule has 0 radical (unpaired) electrons. The van der Waals surface area contributed by atoms with E-state index in [9.17, 15) is 14.0 Å². The first-order valence-electron chi connectivity index (χ1n) is 8.29. The highest BCUT2D eigenvalue weighted by molar-refractivity contribution is 5.90. The number of nitrogens with one attached hydrogen (secondary N) is 1. The minimum absolute atomic E-state index is 0.0789. The van der Waals surface area contributed by atoms with Crippen LogP contribution in [0.15, 0.2) is 54.7 Å². The predicted octanol–water partition coefficient (Wildman–Crippen LogP) is 2.42. The highest BCUT2D eigenvalue weighted by Crippen LogP contribution is 2.13. The van der Waals surface area contributed by atoms with E-state index in [-0.39, 0.29) is 24.9 Å². The Kier molecular flexibility index (Phi) is 5.95. The summed E-state index contributed by atoms with van der Waals surface area (Å²) in [6, 6.07) is 11.9. The Balaban J connectivity index is 1.49. The maximum atomic E-state index is 12.9. The molecule has 0 fully saturated rings. The molecule has 0 saturated carbocycles. The lowest BCUT2D eigenvalue weighted by Crippen LogP contribution is -2.19. The van der Waals surface area contributed by atoms with E-state index in [2.05, 4.69) is 15.6 Å². The van der Waals surface area contributed by atoms with Crippen molar-refractivity contribution in [1.29, 1.82) is 0 Å². The molecule has 9 heteroatoms. The summed E-state index contributed by atoms with van der Waals surface area (Å²) in [5.41, 5.74) is 1.25. The third-order valence-corrected chi connectivity index (χ3v) is 3.70. The molecular weight excluding hydrogens is 367 g/mol. The summed E-state index contributed by atoms with van der Waals surface area (Å²) >= 11 is 0. The Morgan fingerprint density at radius 1 is 1.11 bits per heavy atom. The van der Waals surface area contributed by atoms with Crippen LogP contribution < -0.4 is 10.1 Å². The molecule has 8 nitrogen and oxygen atoms in total. The molecule has 0 unspecified atom stereocenters. The van der Waals surface area contributed by atoms with Crippen molar-refractivity contribution in [2.75, 3.05) is 12.4 Å². The van der Waals surface area contributed by atoms with Crippen molar-refractivity contribution < 1.29 is 23.5 Å². The summed E-state index contributed by atoms with van der Waals surface area (Å²) < 4.78 is 24.4. The molecule has 3 aromatic rings. The second-order valence-electron chi connectivity index (χ2n) is 5.77. The van der Waals surface area contributed by atoms with Crippen LogP contribution in [0.5, 0.6) is 5.75 Å². The van der Waals surface area contributed by atoms with Crippen LogP contribution in [-0.2, 0) is 22.7 Å². The molecule has 0 saturated heterocycles. The van der Waals surface area contributed by atoms with Crippen molar-refractivity contribution in [1.82, 2.24) is 15.0 Å². The van der Waals surface area contributed by atoms with Gasteiger partial charge in [0.1, 0.15) is 30.4 Å². The zero-order valence-electron chi connectivity index (χ0n) is 15.0. The van der Waals surface area contributed by atoms with E-state index >= 15 is 0 Å². The van der Waals surface area contributed by atoms with Gasteiger partial charge in [-0.25, -0.2) is 13.9 Å². The third-order valence-electron chi connectivity index (χ3n) is 3.70. The number of carbonyl (C=O) groups excluding carboxylic acids is 2. The Morgan fingerprint density at radius 3 is 2.50 bits per heavy atom. The van der Waals surface area contributed by atoms with Crippen molar-refractivity contribution in [3.8, 4) is 5.75 Å². The molecule has 144 valence electrons. The average Bonchev–Trinajstić information content (AvgIpc) is 3.15. The maximum absolute atomic E-state index is 12.9. The lowest BCUT2D eigenvalue weighted by molar-refractivity contribution is -0.116. The van der Waals surface area contributed by atoms with Gasteiger partial charge in [-0.3, -0.25) is 4.79 Å². The van der Waals surface area contributed by atoms with Crippen molar-refractivity contribution >= 4 is 17.6 Å². The van der Waals surface area contributed by atoms with Gasteiger partial charge in [0.2, 0.25) is 5.91 Å². The Labute approximate surface area is 159 Å². The topological polar surface area (TPSA) is 95.3 Å².